The van der Waals surface area contributed by atoms with Crippen LogP contribution in [0.15, 0.2) is 24.3 Å². The molecule has 0 aliphatic heterocycles. The first-order valence-electron chi connectivity index (χ1n) is 5.81. The van der Waals surface area contributed by atoms with E-state index >= 15 is 0 Å². The minimum atomic E-state index is -0.822. The molecule has 0 aliphatic carbocycles. The number of fused-ring (bicyclic) bond motifs is 1. The van der Waals surface area contributed by atoms with Gasteiger partial charge in [-0.2, -0.15) is 0 Å². The second kappa shape index (κ2) is 4.61. The minimum Gasteiger partial charge on any atom is -0.368 e. The molecule has 4 nitrogen and oxygen atoms in total. The maximum atomic E-state index is 11.7. The van der Waals surface area contributed by atoms with Gasteiger partial charge in [0.25, 0.3) is 0 Å². The number of benzene rings is 1. The average molecular weight is 266 g/mol. The largest absolute Gasteiger partial charge is 0.368 e. The first-order chi connectivity index (χ1) is 8.48. The Kier molecular flexibility index (Phi) is 3.30. The summed E-state index contributed by atoms with van der Waals surface area (Å²) in [7, 11) is 0. The molecule has 0 aliphatic rings. The third-order valence-corrected chi connectivity index (χ3v) is 3.30. The SMILES string of the molecule is CC(C)(C(N)=O)n1c(CCCl)nc2ccccc21. The van der Waals surface area contributed by atoms with E-state index in [0.29, 0.717) is 12.3 Å². The topological polar surface area (TPSA) is 60.9 Å². The van der Waals surface area contributed by atoms with Gasteiger partial charge in [-0.25, -0.2) is 4.98 Å². The van der Waals surface area contributed by atoms with Crippen LogP contribution < -0.4 is 5.73 Å². The van der Waals surface area contributed by atoms with Crippen LogP contribution in [0, 0.1) is 0 Å². The maximum absolute atomic E-state index is 11.7. The number of carbonyl (C=O) groups is 1. The average Bonchev–Trinajstić information content (AvgIpc) is 2.67. The van der Waals surface area contributed by atoms with Crippen molar-refractivity contribution >= 4 is 28.5 Å². The predicted molar refractivity (Wildman–Crippen MR) is 72.7 cm³/mol. The summed E-state index contributed by atoms with van der Waals surface area (Å²) in [6.45, 7) is 3.59. The molecule has 1 amide bonds. The molecule has 0 saturated carbocycles. The third kappa shape index (κ3) is 1.97. The van der Waals surface area contributed by atoms with E-state index in [1.807, 2.05) is 28.8 Å². The molecule has 1 aromatic heterocycles. The van der Waals surface area contributed by atoms with E-state index < -0.39 is 5.54 Å². The zero-order valence-corrected chi connectivity index (χ0v) is 11.2. The van der Waals surface area contributed by atoms with Crippen LogP contribution in [0.4, 0.5) is 0 Å². The second-order valence-electron chi connectivity index (χ2n) is 4.71. The van der Waals surface area contributed by atoms with Crippen LogP contribution in [0.3, 0.4) is 0 Å². The van der Waals surface area contributed by atoms with Gasteiger partial charge in [0, 0.05) is 12.3 Å². The number of nitrogens with zero attached hydrogens (tertiary/aromatic N) is 2. The highest BCUT2D eigenvalue weighted by molar-refractivity contribution is 6.17. The van der Waals surface area contributed by atoms with Crippen molar-refractivity contribution < 1.29 is 4.79 Å². The number of aromatic nitrogens is 2. The fourth-order valence-corrected chi connectivity index (χ4v) is 2.23. The Morgan fingerprint density at radius 2 is 2.11 bits per heavy atom. The van der Waals surface area contributed by atoms with E-state index in [2.05, 4.69) is 4.98 Å². The molecule has 2 rings (SSSR count). The number of halogens is 1. The van der Waals surface area contributed by atoms with Crippen LogP contribution in [0.1, 0.15) is 19.7 Å². The van der Waals surface area contributed by atoms with E-state index in [-0.39, 0.29) is 5.91 Å². The number of hydrogen-bond acceptors (Lipinski definition) is 2. The Morgan fingerprint density at radius 1 is 1.44 bits per heavy atom. The van der Waals surface area contributed by atoms with Crippen molar-refractivity contribution in [2.75, 3.05) is 5.88 Å². The second-order valence-corrected chi connectivity index (χ2v) is 5.09. The van der Waals surface area contributed by atoms with Gasteiger partial charge >= 0.3 is 0 Å². The summed E-state index contributed by atoms with van der Waals surface area (Å²) in [4.78, 5) is 16.2. The summed E-state index contributed by atoms with van der Waals surface area (Å²) < 4.78 is 1.88. The summed E-state index contributed by atoms with van der Waals surface area (Å²) in [5.41, 5.74) is 6.43. The molecular formula is C13H16ClN3O. The van der Waals surface area contributed by atoms with Crippen LogP contribution in [0.5, 0.6) is 0 Å². The van der Waals surface area contributed by atoms with E-state index in [0.717, 1.165) is 16.9 Å². The fourth-order valence-electron chi connectivity index (χ4n) is 2.06. The highest BCUT2D eigenvalue weighted by Gasteiger charge is 2.31. The van der Waals surface area contributed by atoms with Gasteiger partial charge in [-0.3, -0.25) is 4.79 Å². The van der Waals surface area contributed by atoms with E-state index in [9.17, 15) is 4.79 Å². The van der Waals surface area contributed by atoms with Crippen molar-refractivity contribution in [2.45, 2.75) is 25.8 Å². The molecule has 0 bridgehead atoms. The van der Waals surface area contributed by atoms with Gasteiger partial charge in [0.1, 0.15) is 11.4 Å². The number of imidazole rings is 1. The van der Waals surface area contributed by atoms with Gasteiger partial charge in [0.15, 0.2) is 0 Å². The van der Waals surface area contributed by atoms with Gasteiger partial charge in [-0.15, -0.1) is 11.6 Å². The molecule has 5 heteroatoms. The number of alkyl halides is 1. The van der Waals surface area contributed by atoms with Gasteiger partial charge in [0.05, 0.1) is 11.0 Å². The Labute approximate surface area is 111 Å². The zero-order valence-electron chi connectivity index (χ0n) is 10.5. The van der Waals surface area contributed by atoms with Crippen molar-refractivity contribution in [2.24, 2.45) is 5.73 Å². The lowest BCUT2D eigenvalue weighted by Gasteiger charge is -2.25. The molecule has 0 saturated heterocycles. The number of rotatable bonds is 4. The van der Waals surface area contributed by atoms with Crippen LogP contribution in [-0.2, 0) is 16.8 Å². The Balaban J connectivity index is 2.73. The Bertz CT molecular complexity index is 589. The van der Waals surface area contributed by atoms with Crippen molar-refractivity contribution in [1.82, 2.24) is 9.55 Å². The molecule has 0 fully saturated rings. The Morgan fingerprint density at radius 3 is 2.72 bits per heavy atom. The molecule has 1 aromatic carbocycles. The molecule has 2 N–H and O–H groups in total. The third-order valence-electron chi connectivity index (χ3n) is 3.11. The van der Waals surface area contributed by atoms with Gasteiger partial charge in [-0.05, 0) is 26.0 Å². The molecule has 0 atom stereocenters. The fraction of sp³-hybridized carbons (Fsp3) is 0.385. The van der Waals surface area contributed by atoms with Gasteiger partial charge in [0.2, 0.25) is 5.91 Å². The minimum absolute atomic E-state index is 0.388. The number of carbonyl (C=O) groups excluding carboxylic acids is 1. The highest BCUT2D eigenvalue weighted by atomic mass is 35.5. The molecule has 0 radical (unpaired) electrons. The van der Waals surface area contributed by atoms with Crippen LogP contribution in [0.2, 0.25) is 0 Å². The smallest absolute Gasteiger partial charge is 0.243 e. The first kappa shape index (κ1) is 12.9. The lowest BCUT2D eigenvalue weighted by molar-refractivity contribution is -0.125. The summed E-state index contributed by atoms with van der Waals surface area (Å²) >= 11 is 5.80. The number of amides is 1. The lowest BCUT2D eigenvalue weighted by Crippen LogP contribution is -2.42. The van der Waals surface area contributed by atoms with Crippen LogP contribution >= 0.6 is 11.6 Å². The Hall–Kier alpha value is -1.55. The highest BCUT2D eigenvalue weighted by Crippen LogP contribution is 2.25. The number of hydrogen-bond donors (Lipinski definition) is 1. The van der Waals surface area contributed by atoms with E-state index in [4.69, 9.17) is 17.3 Å². The number of primary amides is 1. The quantitative estimate of drug-likeness (QED) is 0.860. The standard InChI is InChI=1S/C13H16ClN3O/c1-13(2,12(15)18)17-10-6-4-3-5-9(10)16-11(17)7-8-14/h3-6H,7-8H2,1-2H3,(H2,15,18). The predicted octanol–water partition coefficient (Wildman–Crippen LogP) is 2.04. The lowest BCUT2D eigenvalue weighted by atomic mass is 10.0. The van der Waals surface area contributed by atoms with Crippen molar-refractivity contribution in [3.8, 4) is 0 Å². The van der Waals surface area contributed by atoms with Crippen molar-refractivity contribution in [1.29, 1.82) is 0 Å². The maximum Gasteiger partial charge on any atom is 0.243 e. The molecule has 96 valence electrons. The summed E-state index contributed by atoms with van der Waals surface area (Å²) in [6.07, 6.45) is 0.604. The molecular weight excluding hydrogens is 250 g/mol. The van der Waals surface area contributed by atoms with E-state index in [1.54, 1.807) is 13.8 Å². The number of para-hydroxylation sites is 2. The van der Waals surface area contributed by atoms with Crippen molar-refractivity contribution in [3.05, 3.63) is 30.1 Å². The monoisotopic (exact) mass is 265 g/mol. The number of aryl methyl sites for hydroxylation is 1. The van der Waals surface area contributed by atoms with Crippen LogP contribution in [-0.4, -0.2) is 21.3 Å². The molecule has 18 heavy (non-hydrogen) atoms. The summed E-state index contributed by atoms with van der Waals surface area (Å²) in [5.74, 6) is 0.856. The van der Waals surface area contributed by atoms with E-state index in [1.165, 1.54) is 0 Å². The number of nitrogens with two attached hydrogens (primary N) is 1. The normalized spacial score (nSPS) is 11.9. The molecule has 0 unspecified atom stereocenters. The first-order valence-corrected chi connectivity index (χ1v) is 6.34. The molecule has 2 aromatic rings. The van der Waals surface area contributed by atoms with Crippen molar-refractivity contribution in [3.63, 3.8) is 0 Å². The van der Waals surface area contributed by atoms with Gasteiger partial charge in [-0.1, -0.05) is 12.1 Å². The van der Waals surface area contributed by atoms with Gasteiger partial charge < -0.3 is 10.3 Å². The molecule has 0 spiro atoms. The summed E-state index contributed by atoms with van der Waals surface area (Å²) in [5, 5.41) is 0. The summed E-state index contributed by atoms with van der Waals surface area (Å²) in [6, 6.07) is 7.69. The van der Waals surface area contributed by atoms with Crippen LogP contribution in [0.25, 0.3) is 11.0 Å². The molecule has 1 heterocycles. The zero-order chi connectivity index (χ0) is 13.3.